The smallest absolute Gasteiger partial charge is 0.221 e. The zero-order valence-electron chi connectivity index (χ0n) is 21.1. The van der Waals surface area contributed by atoms with Gasteiger partial charge in [-0.15, -0.1) is 10.2 Å². The minimum absolute atomic E-state index is 0.0959. The molecule has 2 N–H and O–H groups in total. The van der Waals surface area contributed by atoms with Gasteiger partial charge in [-0.1, -0.05) is 41.9 Å². The van der Waals surface area contributed by atoms with Crippen LogP contribution in [0.1, 0.15) is 35.3 Å². The summed E-state index contributed by atoms with van der Waals surface area (Å²) < 4.78 is 3.66. The summed E-state index contributed by atoms with van der Waals surface area (Å²) in [5.41, 5.74) is 5.96. The Morgan fingerprint density at radius 1 is 0.974 bits per heavy atom. The highest BCUT2D eigenvalue weighted by atomic mass is 35.5. The Bertz CT molecular complexity index is 1770. The van der Waals surface area contributed by atoms with Crippen LogP contribution in [0.2, 0.25) is 5.02 Å². The van der Waals surface area contributed by atoms with Crippen molar-refractivity contribution in [3.63, 3.8) is 0 Å². The van der Waals surface area contributed by atoms with Gasteiger partial charge >= 0.3 is 0 Å². The third-order valence-corrected chi connectivity index (χ3v) is 6.75. The second kappa shape index (κ2) is 10.1. The topological polar surface area (TPSA) is 106 Å². The first-order valence-corrected chi connectivity index (χ1v) is 12.4. The van der Waals surface area contributed by atoms with Gasteiger partial charge in [-0.25, -0.2) is 0 Å². The Labute approximate surface area is 224 Å². The molecule has 190 valence electrons. The van der Waals surface area contributed by atoms with Crippen molar-refractivity contribution in [3.8, 4) is 17.1 Å². The Kier molecular flexibility index (Phi) is 6.65. The fourth-order valence-electron chi connectivity index (χ4n) is 4.53. The first kappa shape index (κ1) is 25.1. The molecular weight excluding hydrogens is 500 g/mol. The minimum Gasteiger partial charge on any atom is -0.326 e. The molecule has 5 aromatic rings. The van der Waals surface area contributed by atoms with E-state index in [1.165, 1.54) is 13.8 Å². The summed E-state index contributed by atoms with van der Waals surface area (Å²) >= 11 is 6.43. The van der Waals surface area contributed by atoms with E-state index in [0.29, 0.717) is 39.9 Å². The van der Waals surface area contributed by atoms with Crippen LogP contribution in [-0.2, 0) is 11.3 Å². The van der Waals surface area contributed by atoms with Crippen LogP contribution in [0.4, 0.5) is 5.69 Å². The van der Waals surface area contributed by atoms with Crippen LogP contribution in [0.15, 0.2) is 72.8 Å². The van der Waals surface area contributed by atoms with Crippen molar-refractivity contribution in [1.82, 2.24) is 19.3 Å². The summed E-state index contributed by atoms with van der Waals surface area (Å²) in [6, 6.07) is 22.1. The summed E-state index contributed by atoms with van der Waals surface area (Å²) in [6.07, 6.45) is 0. The van der Waals surface area contributed by atoms with Gasteiger partial charge in [0.05, 0.1) is 29.0 Å². The maximum absolute atomic E-state index is 12.0. The highest BCUT2D eigenvalue weighted by Gasteiger charge is 2.18. The van der Waals surface area contributed by atoms with Gasteiger partial charge in [-0.2, -0.15) is 0 Å². The van der Waals surface area contributed by atoms with Crippen molar-refractivity contribution in [2.24, 2.45) is 0 Å². The molecule has 0 radical (unpaired) electrons. The number of benzene rings is 3. The molecule has 1 amide bonds. The highest BCUT2D eigenvalue weighted by molar-refractivity contribution is 6.31. The van der Waals surface area contributed by atoms with E-state index < -0.39 is 0 Å². The monoisotopic (exact) mass is 524 g/mol. The summed E-state index contributed by atoms with van der Waals surface area (Å²) in [5.74, 6) is 0.142. The molecule has 5 rings (SSSR count). The largest absolute Gasteiger partial charge is 0.326 e. The molecule has 0 fully saturated rings. The number of nitrogens with zero attached hydrogens (tertiary/aromatic N) is 4. The van der Waals surface area contributed by atoms with E-state index in [9.17, 15) is 9.59 Å². The third kappa shape index (κ3) is 4.62. The molecule has 0 bridgehead atoms. The molecule has 0 aliphatic carbocycles. The number of imidazole rings is 1. The Hall–Kier alpha value is -4.56. The van der Waals surface area contributed by atoms with Crippen molar-refractivity contribution >= 4 is 40.0 Å². The number of fused-ring (bicyclic) bond motifs is 1. The van der Waals surface area contributed by atoms with Crippen LogP contribution >= 0.6 is 11.6 Å². The molecule has 0 aliphatic heterocycles. The predicted octanol–water partition coefficient (Wildman–Crippen LogP) is 5.54. The lowest BCUT2D eigenvalue weighted by Gasteiger charge is -2.11. The SMILES string of the molecule is CC(=O)Nc1ccc(C(C)=O)cc1-c1ccc(-n2c(=N)n(Cc3ccccc3Cl)c3cccc(C)c32)nn1. The van der Waals surface area contributed by atoms with Gasteiger partial charge in [-0.3, -0.25) is 19.6 Å². The van der Waals surface area contributed by atoms with Gasteiger partial charge in [-0.05, 0) is 67.4 Å². The van der Waals surface area contributed by atoms with Crippen molar-refractivity contribution < 1.29 is 9.59 Å². The first-order chi connectivity index (χ1) is 18.2. The number of rotatable bonds is 6. The van der Waals surface area contributed by atoms with Gasteiger partial charge in [0.1, 0.15) is 0 Å². The van der Waals surface area contributed by atoms with Gasteiger partial charge in [0, 0.05) is 23.1 Å². The molecule has 3 aromatic carbocycles. The third-order valence-electron chi connectivity index (χ3n) is 6.38. The number of anilines is 1. The van der Waals surface area contributed by atoms with Crippen LogP contribution in [0.3, 0.4) is 0 Å². The number of carbonyl (C=O) groups excluding carboxylic acids is 2. The molecular formula is C29H25ClN6O2. The molecule has 0 aliphatic rings. The van der Waals surface area contributed by atoms with Crippen molar-refractivity contribution in [1.29, 1.82) is 5.41 Å². The maximum atomic E-state index is 12.0. The molecule has 0 unspecified atom stereocenters. The molecule has 2 aromatic heterocycles. The van der Waals surface area contributed by atoms with Crippen LogP contribution in [-0.4, -0.2) is 31.0 Å². The zero-order valence-corrected chi connectivity index (χ0v) is 21.9. The Balaban J connectivity index is 1.63. The predicted molar refractivity (Wildman–Crippen MR) is 148 cm³/mol. The summed E-state index contributed by atoms with van der Waals surface area (Å²) in [4.78, 5) is 23.7. The van der Waals surface area contributed by atoms with E-state index >= 15 is 0 Å². The van der Waals surface area contributed by atoms with Crippen molar-refractivity contribution in [2.75, 3.05) is 5.32 Å². The number of Topliss-reactive ketones (excluding diaryl/α,β-unsaturated/α-hetero) is 1. The van der Waals surface area contributed by atoms with E-state index in [1.807, 2.05) is 54.0 Å². The summed E-state index contributed by atoms with van der Waals surface area (Å²) in [7, 11) is 0. The number of amides is 1. The lowest BCUT2D eigenvalue weighted by atomic mass is 10.0. The number of nitrogens with one attached hydrogen (secondary N) is 2. The number of halogens is 1. The molecule has 0 saturated heterocycles. The molecule has 0 spiro atoms. The standard InChI is InChI=1S/C29H25ClN6O2/c1-17-7-6-10-26-28(17)36(29(31)35(26)16-21-8-4-5-9-23(21)30)27-14-13-25(33-34-27)22-15-20(18(2)37)11-12-24(22)32-19(3)38/h4-15,31H,16H2,1-3H3,(H,32,38). The van der Waals surface area contributed by atoms with Crippen molar-refractivity contribution in [2.45, 2.75) is 27.3 Å². The molecule has 0 saturated carbocycles. The number of aromatic nitrogens is 4. The van der Waals surface area contributed by atoms with Gasteiger partial charge in [0.25, 0.3) is 0 Å². The molecule has 38 heavy (non-hydrogen) atoms. The highest BCUT2D eigenvalue weighted by Crippen LogP contribution is 2.29. The lowest BCUT2D eigenvalue weighted by molar-refractivity contribution is -0.114. The van der Waals surface area contributed by atoms with Crippen molar-refractivity contribution in [3.05, 3.63) is 100 Å². The average molecular weight is 525 g/mol. The van der Waals surface area contributed by atoms with E-state index in [-0.39, 0.29) is 17.3 Å². The summed E-state index contributed by atoms with van der Waals surface area (Å²) in [6.45, 7) is 5.32. The number of hydrogen-bond donors (Lipinski definition) is 2. The molecule has 2 heterocycles. The second-order valence-corrected chi connectivity index (χ2v) is 9.46. The fraction of sp³-hybridized carbons (Fsp3) is 0.138. The van der Waals surface area contributed by atoms with Crippen LogP contribution in [0.5, 0.6) is 0 Å². The van der Waals surface area contributed by atoms with Crippen LogP contribution in [0, 0.1) is 12.3 Å². The van der Waals surface area contributed by atoms with Gasteiger partial charge in [0.15, 0.2) is 11.6 Å². The normalized spacial score (nSPS) is 11.1. The first-order valence-electron chi connectivity index (χ1n) is 12.0. The van der Waals surface area contributed by atoms with Gasteiger partial charge < -0.3 is 9.88 Å². The van der Waals surface area contributed by atoms with Crippen LogP contribution in [0.25, 0.3) is 28.1 Å². The number of ketones is 1. The average Bonchev–Trinajstić information content (AvgIpc) is 3.17. The summed E-state index contributed by atoms with van der Waals surface area (Å²) in [5, 5.41) is 21.4. The minimum atomic E-state index is -0.234. The lowest BCUT2D eigenvalue weighted by Crippen LogP contribution is -2.25. The zero-order chi connectivity index (χ0) is 27.0. The number of para-hydroxylation sites is 1. The number of carbonyl (C=O) groups is 2. The quantitative estimate of drug-likeness (QED) is 0.284. The Morgan fingerprint density at radius 2 is 1.76 bits per heavy atom. The molecule has 0 atom stereocenters. The van der Waals surface area contributed by atoms with E-state index in [0.717, 1.165) is 22.2 Å². The number of aryl methyl sites for hydroxylation is 1. The van der Waals surface area contributed by atoms with Gasteiger partial charge in [0.2, 0.25) is 11.5 Å². The molecule has 9 heteroatoms. The van der Waals surface area contributed by atoms with E-state index in [1.54, 1.807) is 34.9 Å². The fourth-order valence-corrected chi connectivity index (χ4v) is 4.73. The molecule has 8 nitrogen and oxygen atoms in total. The van der Waals surface area contributed by atoms with Crippen LogP contribution < -0.4 is 10.9 Å². The Morgan fingerprint density at radius 3 is 2.45 bits per heavy atom. The van der Waals surface area contributed by atoms with E-state index in [4.69, 9.17) is 17.0 Å². The number of hydrogen-bond acceptors (Lipinski definition) is 5. The van der Waals surface area contributed by atoms with E-state index in [2.05, 4.69) is 15.5 Å². The second-order valence-electron chi connectivity index (χ2n) is 9.05. The maximum Gasteiger partial charge on any atom is 0.221 e.